The average Bonchev–Trinajstić information content (AvgIpc) is 2.25. The van der Waals surface area contributed by atoms with Gasteiger partial charge in [0.15, 0.2) is 0 Å². The van der Waals surface area contributed by atoms with Crippen molar-refractivity contribution in [2.45, 2.75) is 26.1 Å². The highest BCUT2D eigenvalue weighted by Crippen LogP contribution is 2.06. The highest BCUT2D eigenvalue weighted by Gasteiger charge is 2.01. The molecule has 1 unspecified atom stereocenters. The molecule has 2 nitrogen and oxygen atoms in total. The summed E-state index contributed by atoms with van der Waals surface area (Å²) in [5, 5.41) is 3.07. The second-order valence-corrected chi connectivity index (χ2v) is 3.64. The SMILES string of the molecule is CNCCC(C)OCc1ccc(F)cc1. The number of hydrogen-bond acceptors (Lipinski definition) is 2. The van der Waals surface area contributed by atoms with Crippen molar-refractivity contribution in [1.82, 2.24) is 5.32 Å². The number of ether oxygens (including phenoxy) is 1. The Morgan fingerprint density at radius 2 is 2.00 bits per heavy atom. The van der Waals surface area contributed by atoms with Gasteiger partial charge < -0.3 is 10.1 Å². The quantitative estimate of drug-likeness (QED) is 0.779. The van der Waals surface area contributed by atoms with Crippen LogP contribution in [0.5, 0.6) is 0 Å². The van der Waals surface area contributed by atoms with E-state index in [4.69, 9.17) is 4.74 Å². The lowest BCUT2D eigenvalue weighted by Gasteiger charge is -2.12. The maximum Gasteiger partial charge on any atom is 0.123 e. The molecule has 1 aromatic carbocycles. The molecular weight excluding hydrogens is 193 g/mol. The molecule has 1 aromatic rings. The summed E-state index contributed by atoms with van der Waals surface area (Å²) in [6, 6.07) is 6.41. The number of nitrogens with one attached hydrogen (secondary N) is 1. The molecule has 0 aliphatic rings. The van der Waals surface area contributed by atoms with Gasteiger partial charge in [-0.25, -0.2) is 4.39 Å². The summed E-state index contributed by atoms with van der Waals surface area (Å²) in [4.78, 5) is 0. The minimum atomic E-state index is -0.206. The monoisotopic (exact) mass is 211 g/mol. The van der Waals surface area contributed by atoms with Gasteiger partial charge in [0.1, 0.15) is 5.82 Å². The standard InChI is InChI=1S/C12H18FNO/c1-10(7-8-14-2)15-9-11-3-5-12(13)6-4-11/h3-6,10,14H,7-9H2,1-2H3. The van der Waals surface area contributed by atoms with Crippen LogP contribution in [-0.4, -0.2) is 19.7 Å². The molecule has 0 heterocycles. The molecular formula is C12H18FNO. The van der Waals surface area contributed by atoms with Crippen LogP contribution in [0.4, 0.5) is 4.39 Å². The third kappa shape index (κ3) is 4.91. The van der Waals surface area contributed by atoms with Crippen LogP contribution in [0.25, 0.3) is 0 Å². The van der Waals surface area contributed by atoms with Crippen LogP contribution < -0.4 is 5.32 Å². The van der Waals surface area contributed by atoms with Crippen molar-refractivity contribution in [2.24, 2.45) is 0 Å². The van der Waals surface area contributed by atoms with Crippen LogP contribution in [0, 0.1) is 5.82 Å². The minimum absolute atomic E-state index is 0.206. The van der Waals surface area contributed by atoms with Crippen molar-refractivity contribution in [2.75, 3.05) is 13.6 Å². The Bertz CT molecular complexity index is 273. The number of rotatable bonds is 6. The van der Waals surface area contributed by atoms with E-state index >= 15 is 0 Å². The smallest absolute Gasteiger partial charge is 0.123 e. The second kappa shape index (κ2) is 6.53. The van der Waals surface area contributed by atoms with E-state index in [9.17, 15) is 4.39 Å². The third-order valence-corrected chi connectivity index (χ3v) is 2.25. The molecule has 0 amide bonds. The molecule has 0 saturated carbocycles. The molecule has 1 N–H and O–H groups in total. The van der Waals surface area contributed by atoms with Gasteiger partial charge in [0.2, 0.25) is 0 Å². The van der Waals surface area contributed by atoms with E-state index in [2.05, 4.69) is 5.32 Å². The zero-order valence-electron chi connectivity index (χ0n) is 9.29. The van der Waals surface area contributed by atoms with Gasteiger partial charge in [-0.15, -0.1) is 0 Å². The van der Waals surface area contributed by atoms with Gasteiger partial charge >= 0.3 is 0 Å². The van der Waals surface area contributed by atoms with Gasteiger partial charge in [0.25, 0.3) is 0 Å². The summed E-state index contributed by atoms with van der Waals surface area (Å²) in [5.41, 5.74) is 1.01. The largest absolute Gasteiger partial charge is 0.374 e. The van der Waals surface area contributed by atoms with Crippen LogP contribution in [0.1, 0.15) is 18.9 Å². The van der Waals surface area contributed by atoms with E-state index in [1.807, 2.05) is 14.0 Å². The summed E-state index contributed by atoms with van der Waals surface area (Å²) in [7, 11) is 1.92. The van der Waals surface area contributed by atoms with E-state index in [1.54, 1.807) is 12.1 Å². The second-order valence-electron chi connectivity index (χ2n) is 3.64. The number of halogens is 1. The van der Waals surface area contributed by atoms with Crippen molar-refractivity contribution < 1.29 is 9.13 Å². The van der Waals surface area contributed by atoms with E-state index in [0.717, 1.165) is 18.5 Å². The lowest BCUT2D eigenvalue weighted by Crippen LogP contribution is -2.17. The van der Waals surface area contributed by atoms with E-state index < -0.39 is 0 Å². The maximum atomic E-state index is 12.6. The van der Waals surface area contributed by atoms with Crippen molar-refractivity contribution in [3.05, 3.63) is 35.6 Å². The first kappa shape index (κ1) is 12.1. The predicted octanol–water partition coefficient (Wildman–Crippen LogP) is 2.34. The van der Waals surface area contributed by atoms with Crippen molar-refractivity contribution in [3.8, 4) is 0 Å². The molecule has 0 saturated heterocycles. The molecule has 1 atom stereocenters. The van der Waals surface area contributed by atoms with Gasteiger partial charge in [-0.3, -0.25) is 0 Å². The lowest BCUT2D eigenvalue weighted by atomic mass is 10.2. The molecule has 1 rings (SSSR count). The first-order valence-corrected chi connectivity index (χ1v) is 5.23. The Labute approximate surface area is 90.4 Å². The van der Waals surface area contributed by atoms with Gasteiger partial charge in [0.05, 0.1) is 12.7 Å². The summed E-state index contributed by atoms with van der Waals surface area (Å²) >= 11 is 0. The molecule has 0 radical (unpaired) electrons. The Morgan fingerprint density at radius 1 is 1.33 bits per heavy atom. The predicted molar refractivity (Wildman–Crippen MR) is 59.2 cm³/mol. The zero-order valence-corrected chi connectivity index (χ0v) is 9.29. The van der Waals surface area contributed by atoms with Crippen molar-refractivity contribution in [1.29, 1.82) is 0 Å². The normalized spacial score (nSPS) is 12.7. The maximum absolute atomic E-state index is 12.6. The van der Waals surface area contributed by atoms with Crippen molar-refractivity contribution in [3.63, 3.8) is 0 Å². The first-order valence-electron chi connectivity index (χ1n) is 5.23. The van der Waals surface area contributed by atoms with Gasteiger partial charge in [-0.1, -0.05) is 12.1 Å². The molecule has 0 fully saturated rings. The highest BCUT2D eigenvalue weighted by atomic mass is 19.1. The third-order valence-electron chi connectivity index (χ3n) is 2.25. The summed E-state index contributed by atoms with van der Waals surface area (Å²) < 4.78 is 18.2. The fourth-order valence-electron chi connectivity index (χ4n) is 1.25. The van der Waals surface area contributed by atoms with Crippen LogP contribution in [0.2, 0.25) is 0 Å². The number of benzene rings is 1. The van der Waals surface area contributed by atoms with Crippen molar-refractivity contribution >= 4 is 0 Å². The zero-order chi connectivity index (χ0) is 11.1. The summed E-state index contributed by atoms with van der Waals surface area (Å²) in [5.74, 6) is -0.206. The Morgan fingerprint density at radius 3 is 2.60 bits per heavy atom. The fourth-order valence-corrected chi connectivity index (χ4v) is 1.25. The van der Waals surface area contributed by atoms with Crippen LogP contribution in [0.3, 0.4) is 0 Å². The Hall–Kier alpha value is -0.930. The average molecular weight is 211 g/mol. The Balaban J connectivity index is 2.27. The van der Waals surface area contributed by atoms with Gasteiger partial charge in [-0.05, 0) is 44.6 Å². The fraction of sp³-hybridized carbons (Fsp3) is 0.500. The molecule has 0 aliphatic heterocycles. The van der Waals surface area contributed by atoms with E-state index in [-0.39, 0.29) is 11.9 Å². The minimum Gasteiger partial charge on any atom is -0.374 e. The molecule has 0 bridgehead atoms. The molecule has 15 heavy (non-hydrogen) atoms. The van der Waals surface area contributed by atoms with Gasteiger partial charge in [0, 0.05) is 0 Å². The molecule has 0 spiro atoms. The molecule has 84 valence electrons. The molecule has 0 aromatic heterocycles. The highest BCUT2D eigenvalue weighted by molar-refractivity contribution is 5.14. The van der Waals surface area contributed by atoms with Crippen LogP contribution >= 0.6 is 0 Å². The van der Waals surface area contributed by atoms with Crippen LogP contribution in [0.15, 0.2) is 24.3 Å². The van der Waals surface area contributed by atoms with Gasteiger partial charge in [-0.2, -0.15) is 0 Å². The van der Waals surface area contributed by atoms with Crippen LogP contribution in [-0.2, 0) is 11.3 Å². The topological polar surface area (TPSA) is 21.3 Å². The molecule has 0 aliphatic carbocycles. The Kier molecular flexibility index (Phi) is 5.29. The first-order chi connectivity index (χ1) is 7.22. The molecule has 3 heteroatoms. The van der Waals surface area contributed by atoms with E-state index in [1.165, 1.54) is 12.1 Å². The number of hydrogen-bond donors (Lipinski definition) is 1. The lowest BCUT2D eigenvalue weighted by molar-refractivity contribution is 0.0481. The van der Waals surface area contributed by atoms with E-state index in [0.29, 0.717) is 6.61 Å². The summed E-state index contributed by atoms with van der Waals surface area (Å²) in [6.07, 6.45) is 1.21. The summed E-state index contributed by atoms with van der Waals surface area (Å²) in [6.45, 7) is 3.54.